The molecule has 0 aromatic heterocycles. The van der Waals surface area contributed by atoms with Crippen molar-refractivity contribution >= 4 is 17.3 Å². The van der Waals surface area contributed by atoms with Crippen molar-refractivity contribution in [2.45, 2.75) is 0 Å². The molecule has 0 unspecified atom stereocenters. The third kappa shape index (κ3) is 1.25. The van der Waals surface area contributed by atoms with Crippen LogP contribution in [0.1, 0.15) is 10.4 Å². The van der Waals surface area contributed by atoms with Crippen LogP contribution >= 0.6 is 0 Å². The molecule has 0 radical (unpaired) electrons. The number of fused-ring (bicyclic) bond motifs is 1. The van der Waals surface area contributed by atoms with Crippen LogP contribution in [-0.4, -0.2) is 32.9 Å². The Morgan fingerprint density at radius 3 is 2.31 bits per heavy atom. The average molecular weight is 220 g/mol. The molecule has 0 spiro atoms. The van der Waals surface area contributed by atoms with Crippen LogP contribution in [-0.2, 0) is 0 Å². The summed E-state index contributed by atoms with van der Waals surface area (Å²) in [5.41, 5.74) is 1.15. The quantitative estimate of drug-likeness (QED) is 0.816. The predicted octanol–water partition coefficient (Wildman–Crippen LogP) is 1.31. The fourth-order valence-electron chi connectivity index (χ4n) is 1.73. The summed E-state index contributed by atoms with van der Waals surface area (Å²) in [6.07, 6.45) is 0. The number of methoxy groups -OCH3 is 2. The first-order valence-corrected chi connectivity index (χ1v) is 4.73. The monoisotopic (exact) mass is 220 g/mol. The molecule has 0 saturated carbocycles. The van der Waals surface area contributed by atoms with Crippen LogP contribution in [0.3, 0.4) is 0 Å². The Labute approximate surface area is 93.1 Å². The largest absolute Gasteiger partial charge is 0.493 e. The number of benzene rings is 1. The Hall–Kier alpha value is -2.04. The first-order chi connectivity index (χ1) is 7.60. The highest BCUT2D eigenvalue weighted by Crippen LogP contribution is 2.38. The summed E-state index contributed by atoms with van der Waals surface area (Å²) in [6, 6.07) is 3.31. The number of anilines is 1. The SMILES string of the molecule is COc1cc2c(cc1OC)N(C)C(=N)C2=O. The molecular weight excluding hydrogens is 208 g/mol. The van der Waals surface area contributed by atoms with E-state index in [-0.39, 0.29) is 11.6 Å². The molecule has 1 aliphatic heterocycles. The molecule has 0 atom stereocenters. The highest BCUT2D eigenvalue weighted by molar-refractivity contribution is 6.53. The number of hydrogen-bond acceptors (Lipinski definition) is 4. The summed E-state index contributed by atoms with van der Waals surface area (Å²) in [6.45, 7) is 0. The lowest BCUT2D eigenvalue weighted by Crippen LogP contribution is -2.24. The van der Waals surface area contributed by atoms with Gasteiger partial charge in [0, 0.05) is 13.1 Å². The van der Waals surface area contributed by atoms with Gasteiger partial charge in [0.05, 0.1) is 25.5 Å². The van der Waals surface area contributed by atoms with Gasteiger partial charge in [0.15, 0.2) is 17.3 Å². The first-order valence-electron chi connectivity index (χ1n) is 4.73. The summed E-state index contributed by atoms with van der Waals surface area (Å²) in [4.78, 5) is 13.2. The molecule has 0 aliphatic carbocycles. The van der Waals surface area contributed by atoms with Crippen LogP contribution in [0.5, 0.6) is 11.5 Å². The number of nitrogens with zero attached hydrogens (tertiary/aromatic N) is 1. The Morgan fingerprint density at radius 2 is 1.75 bits per heavy atom. The van der Waals surface area contributed by atoms with Crippen molar-refractivity contribution in [2.75, 3.05) is 26.2 Å². The van der Waals surface area contributed by atoms with Gasteiger partial charge in [-0.1, -0.05) is 0 Å². The van der Waals surface area contributed by atoms with Crippen LogP contribution in [0.25, 0.3) is 0 Å². The van der Waals surface area contributed by atoms with Gasteiger partial charge in [-0.3, -0.25) is 10.2 Å². The Kier molecular flexibility index (Phi) is 2.30. The molecule has 1 aliphatic rings. The first kappa shape index (κ1) is 10.5. The van der Waals surface area contributed by atoms with E-state index >= 15 is 0 Å². The minimum Gasteiger partial charge on any atom is -0.493 e. The van der Waals surface area contributed by atoms with Gasteiger partial charge in [-0.15, -0.1) is 0 Å². The zero-order chi connectivity index (χ0) is 11.9. The van der Waals surface area contributed by atoms with Crippen LogP contribution in [0, 0.1) is 5.41 Å². The van der Waals surface area contributed by atoms with Gasteiger partial charge in [0.2, 0.25) is 5.78 Å². The van der Waals surface area contributed by atoms with Gasteiger partial charge >= 0.3 is 0 Å². The number of likely N-dealkylation sites (N-methyl/N-ethyl adjacent to an activating group) is 1. The van der Waals surface area contributed by atoms with Gasteiger partial charge in [0.25, 0.3) is 0 Å². The van der Waals surface area contributed by atoms with E-state index in [1.807, 2.05) is 0 Å². The van der Waals surface area contributed by atoms with Crippen molar-refractivity contribution in [3.8, 4) is 11.5 Å². The van der Waals surface area contributed by atoms with E-state index in [9.17, 15) is 4.79 Å². The topological polar surface area (TPSA) is 62.6 Å². The van der Waals surface area contributed by atoms with E-state index in [4.69, 9.17) is 14.9 Å². The molecule has 1 heterocycles. The molecule has 0 amide bonds. The molecular formula is C11H12N2O3. The maximum atomic E-state index is 11.7. The number of hydrogen-bond donors (Lipinski definition) is 1. The number of nitrogens with one attached hydrogen (secondary N) is 1. The molecule has 5 nitrogen and oxygen atoms in total. The maximum absolute atomic E-state index is 11.7. The third-order valence-electron chi connectivity index (χ3n) is 2.66. The fraction of sp³-hybridized carbons (Fsp3) is 0.273. The number of ketones is 1. The standard InChI is InChI=1S/C11H12N2O3/c1-13-7-5-9(16-3)8(15-2)4-6(7)10(14)11(13)12/h4-5,12H,1-3H3. The molecule has 0 bridgehead atoms. The zero-order valence-electron chi connectivity index (χ0n) is 9.33. The Bertz CT molecular complexity index is 482. The molecule has 5 heteroatoms. The number of carbonyl (C=O) groups is 1. The van der Waals surface area contributed by atoms with Crippen molar-refractivity contribution in [2.24, 2.45) is 0 Å². The summed E-state index contributed by atoms with van der Waals surface area (Å²) in [5.74, 6) is 0.719. The van der Waals surface area contributed by atoms with E-state index in [1.54, 1.807) is 19.2 Å². The van der Waals surface area contributed by atoms with E-state index in [2.05, 4.69) is 0 Å². The number of ether oxygens (including phenoxy) is 2. The van der Waals surface area contributed by atoms with Crippen molar-refractivity contribution in [3.05, 3.63) is 17.7 Å². The second kappa shape index (κ2) is 3.52. The summed E-state index contributed by atoms with van der Waals surface area (Å²) < 4.78 is 10.3. The Morgan fingerprint density at radius 1 is 1.19 bits per heavy atom. The lowest BCUT2D eigenvalue weighted by molar-refractivity contribution is 0.106. The van der Waals surface area contributed by atoms with E-state index in [1.165, 1.54) is 19.1 Å². The lowest BCUT2D eigenvalue weighted by Gasteiger charge is -2.13. The van der Waals surface area contributed by atoms with Gasteiger partial charge < -0.3 is 14.4 Å². The highest BCUT2D eigenvalue weighted by atomic mass is 16.5. The van der Waals surface area contributed by atoms with Crippen molar-refractivity contribution in [3.63, 3.8) is 0 Å². The minimum absolute atomic E-state index is 0.0368. The molecule has 2 rings (SSSR count). The van der Waals surface area contributed by atoms with Crippen molar-refractivity contribution in [1.82, 2.24) is 0 Å². The molecule has 1 N–H and O–H groups in total. The molecule has 16 heavy (non-hydrogen) atoms. The van der Waals surface area contributed by atoms with Gasteiger partial charge in [-0.05, 0) is 6.07 Å². The van der Waals surface area contributed by atoms with Crippen LogP contribution in [0.4, 0.5) is 5.69 Å². The predicted molar refractivity (Wildman–Crippen MR) is 60.0 cm³/mol. The molecule has 0 saturated heterocycles. The van der Waals surface area contributed by atoms with Crippen LogP contribution in [0.2, 0.25) is 0 Å². The third-order valence-corrected chi connectivity index (χ3v) is 2.66. The number of carbonyl (C=O) groups excluding carboxylic acids is 1. The lowest BCUT2D eigenvalue weighted by atomic mass is 10.1. The van der Waals surface area contributed by atoms with Crippen LogP contribution < -0.4 is 14.4 Å². The maximum Gasteiger partial charge on any atom is 0.230 e. The van der Waals surface area contributed by atoms with Crippen molar-refractivity contribution < 1.29 is 14.3 Å². The van der Waals surface area contributed by atoms with Gasteiger partial charge in [0.1, 0.15) is 0 Å². The number of Topliss-reactive ketones (excluding diaryl/α,β-unsaturated/α-hetero) is 1. The van der Waals surface area contributed by atoms with Gasteiger partial charge in [-0.25, -0.2) is 0 Å². The minimum atomic E-state index is -0.293. The Balaban J connectivity index is 2.64. The fourth-order valence-corrected chi connectivity index (χ4v) is 1.73. The normalized spacial score (nSPS) is 14.1. The highest BCUT2D eigenvalue weighted by Gasteiger charge is 2.31. The number of rotatable bonds is 2. The van der Waals surface area contributed by atoms with Gasteiger partial charge in [-0.2, -0.15) is 0 Å². The summed E-state index contributed by atoms with van der Waals surface area (Å²) >= 11 is 0. The summed E-state index contributed by atoms with van der Waals surface area (Å²) in [7, 11) is 4.73. The molecule has 84 valence electrons. The summed E-state index contributed by atoms with van der Waals surface area (Å²) in [5, 5.41) is 7.60. The van der Waals surface area contributed by atoms with Crippen molar-refractivity contribution in [1.29, 1.82) is 5.41 Å². The zero-order valence-corrected chi connectivity index (χ0v) is 9.33. The smallest absolute Gasteiger partial charge is 0.230 e. The van der Waals surface area contributed by atoms with E-state index < -0.39 is 0 Å². The average Bonchev–Trinajstić information content (AvgIpc) is 2.52. The second-order valence-corrected chi connectivity index (χ2v) is 3.46. The molecule has 1 aromatic carbocycles. The van der Waals surface area contributed by atoms with Crippen LogP contribution in [0.15, 0.2) is 12.1 Å². The van der Waals surface area contributed by atoms with E-state index in [0.717, 1.165) is 0 Å². The number of amidine groups is 1. The van der Waals surface area contributed by atoms with E-state index in [0.29, 0.717) is 22.7 Å². The molecule has 0 fully saturated rings. The second-order valence-electron chi connectivity index (χ2n) is 3.46. The molecule has 1 aromatic rings.